The van der Waals surface area contributed by atoms with Crippen molar-refractivity contribution in [1.82, 2.24) is 9.78 Å². The molecule has 0 spiro atoms. The van der Waals surface area contributed by atoms with E-state index in [4.69, 9.17) is 9.84 Å². The molecule has 0 aliphatic carbocycles. The number of hydrogen-bond donors (Lipinski definition) is 0. The summed E-state index contributed by atoms with van der Waals surface area (Å²) in [5.41, 5.74) is 5.40. The summed E-state index contributed by atoms with van der Waals surface area (Å²) < 4.78 is 51.7. The van der Waals surface area contributed by atoms with Crippen LogP contribution in [0.1, 0.15) is 39.9 Å². The second-order valence-electron chi connectivity index (χ2n) is 10.3. The fourth-order valence-corrected chi connectivity index (χ4v) is 4.59. The predicted molar refractivity (Wildman–Crippen MR) is 165 cm³/mol. The molecule has 8 heteroatoms. The van der Waals surface area contributed by atoms with Gasteiger partial charge in [-0.2, -0.15) is 18.3 Å². The molecule has 1 aromatic heterocycles. The topological polar surface area (TPSA) is 53.4 Å². The Morgan fingerprint density at radius 3 is 2.14 bits per heavy atom. The van der Waals surface area contributed by atoms with Crippen molar-refractivity contribution in [2.45, 2.75) is 32.2 Å². The zero-order valence-corrected chi connectivity index (χ0v) is 24.1. The summed E-state index contributed by atoms with van der Waals surface area (Å²) in [5, 5.41) is 4.75. The molecule has 0 unspecified atom stereocenters. The molecule has 0 N–H and O–H groups in total. The zero-order valence-electron chi connectivity index (χ0n) is 24.1. The summed E-state index contributed by atoms with van der Waals surface area (Å²) in [5.74, 6) is 0.499. The van der Waals surface area contributed by atoms with Gasteiger partial charge in [0, 0.05) is 12.0 Å². The van der Waals surface area contributed by atoms with Crippen LogP contribution in [-0.2, 0) is 35.3 Å². The van der Waals surface area contributed by atoms with Gasteiger partial charge in [0.15, 0.2) is 0 Å². The SMILES string of the molecule is COC(=O)CCc1ccc(OCc2ccc(Cn3nc(-c4ccc(C(F)(F)F)cc4)cc3C=Cc3ccccc3)cc2)cc1. The van der Waals surface area contributed by atoms with Crippen molar-refractivity contribution in [1.29, 1.82) is 0 Å². The largest absolute Gasteiger partial charge is 0.489 e. The summed E-state index contributed by atoms with van der Waals surface area (Å²) in [6.07, 6.45) is 0.494. The van der Waals surface area contributed by atoms with Gasteiger partial charge in [-0.1, -0.05) is 84.9 Å². The molecule has 0 saturated heterocycles. The number of halogens is 3. The lowest BCUT2D eigenvalue weighted by molar-refractivity contribution is -0.140. The Bertz CT molecular complexity index is 1690. The van der Waals surface area contributed by atoms with Crippen LogP contribution in [-0.4, -0.2) is 22.9 Å². The van der Waals surface area contributed by atoms with Gasteiger partial charge in [0.25, 0.3) is 0 Å². The van der Waals surface area contributed by atoms with E-state index in [0.29, 0.717) is 37.3 Å². The third-order valence-corrected chi connectivity index (χ3v) is 7.09. The third-order valence-electron chi connectivity index (χ3n) is 7.09. The second-order valence-corrected chi connectivity index (χ2v) is 10.3. The number of aromatic nitrogens is 2. The number of ether oxygens (including phenoxy) is 2. The van der Waals surface area contributed by atoms with Gasteiger partial charge in [-0.25, -0.2) is 0 Å². The van der Waals surface area contributed by atoms with Gasteiger partial charge >= 0.3 is 12.1 Å². The number of hydrogen-bond acceptors (Lipinski definition) is 4. The maximum Gasteiger partial charge on any atom is 0.416 e. The molecule has 0 aliphatic rings. The Labute approximate surface area is 254 Å². The van der Waals surface area contributed by atoms with E-state index in [9.17, 15) is 18.0 Å². The van der Waals surface area contributed by atoms with Gasteiger partial charge in [-0.3, -0.25) is 9.48 Å². The minimum absolute atomic E-state index is 0.235. The van der Waals surface area contributed by atoms with Gasteiger partial charge < -0.3 is 9.47 Å². The number of alkyl halides is 3. The number of methoxy groups -OCH3 is 1. The smallest absolute Gasteiger partial charge is 0.416 e. The van der Waals surface area contributed by atoms with Crippen LogP contribution in [0.15, 0.2) is 109 Å². The zero-order chi connectivity index (χ0) is 30.9. The van der Waals surface area contributed by atoms with Gasteiger partial charge in [0.1, 0.15) is 12.4 Å². The summed E-state index contributed by atoms with van der Waals surface area (Å²) in [6.45, 7) is 0.871. The standard InChI is InChI=1S/C36H31F3N2O3/c1-43-35(42)22-14-27-12-20-33(21-13-27)44-25-29-9-7-28(8-10-29)24-41-32(19-11-26-5-3-2-4-6-26)23-34(40-41)30-15-17-31(18-16-30)36(37,38)39/h2-13,15-21,23H,14,22,24-25H2,1H3. The summed E-state index contributed by atoms with van der Waals surface area (Å²) >= 11 is 0. The van der Waals surface area contributed by atoms with Crippen LogP contribution < -0.4 is 4.74 Å². The van der Waals surface area contributed by atoms with Gasteiger partial charge in [-0.15, -0.1) is 0 Å². The third kappa shape index (κ3) is 8.25. The van der Waals surface area contributed by atoms with E-state index in [2.05, 4.69) is 4.74 Å². The highest BCUT2D eigenvalue weighted by Gasteiger charge is 2.30. The molecule has 44 heavy (non-hydrogen) atoms. The van der Waals surface area contributed by atoms with E-state index >= 15 is 0 Å². The van der Waals surface area contributed by atoms with Crippen molar-refractivity contribution in [3.63, 3.8) is 0 Å². The molecule has 0 amide bonds. The fraction of sp³-hybridized carbons (Fsp3) is 0.167. The molecule has 0 radical (unpaired) electrons. The van der Waals surface area contributed by atoms with Crippen LogP contribution >= 0.6 is 0 Å². The molecular formula is C36H31F3N2O3. The number of aryl methyl sites for hydroxylation is 1. The number of benzene rings is 4. The first kappa shape index (κ1) is 30.4. The molecular weight excluding hydrogens is 565 g/mol. The minimum Gasteiger partial charge on any atom is -0.489 e. The molecule has 0 atom stereocenters. The average molecular weight is 597 g/mol. The highest BCUT2D eigenvalue weighted by molar-refractivity contribution is 5.71. The van der Waals surface area contributed by atoms with E-state index in [-0.39, 0.29) is 5.97 Å². The number of carbonyl (C=O) groups is 1. The van der Waals surface area contributed by atoms with Crippen molar-refractivity contribution < 1.29 is 27.4 Å². The van der Waals surface area contributed by atoms with E-state index < -0.39 is 11.7 Å². The average Bonchev–Trinajstić information content (AvgIpc) is 3.45. The molecule has 0 bridgehead atoms. The Hall–Kier alpha value is -5.11. The van der Waals surface area contributed by atoms with Gasteiger partial charge in [0.05, 0.1) is 30.6 Å². The molecule has 4 aromatic carbocycles. The van der Waals surface area contributed by atoms with E-state index in [1.807, 2.05) is 102 Å². The molecule has 224 valence electrons. The first-order valence-electron chi connectivity index (χ1n) is 14.1. The maximum atomic E-state index is 13.1. The summed E-state index contributed by atoms with van der Waals surface area (Å²) in [4.78, 5) is 11.3. The van der Waals surface area contributed by atoms with E-state index in [0.717, 1.165) is 45.8 Å². The maximum absolute atomic E-state index is 13.1. The Balaban J connectivity index is 1.27. The molecule has 0 saturated carbocycles. The lowest BCUT2D eigenvalue weighted by Crippen LogP contribution is -2.05. The van der Waals surface area contributed by atoms with Crippen LogP contribution in [0.4, 0.5) is 13.2 Å². The monoisotopic (exact) mass is 596 g/mol. The highest BCUT2D eigenvalue weighted by atomic mass is 19.4. The summed E-state index contributed by atoms with van der Waals surface area (Å²) in [7, 11) is 1.38. The number of nitrogens with zero attached hydrogens (tertiary/aromatic N) is 2. The van der Waals surface area contributed by atoms with Gasteiger partial charge in [0.2, 0.25) is 0 Å². The Kier molecular flexibility index (Phi) is 9.59. The Morgan fingerprint density at radius 2 is 1.48 bits per heavy atom. The molecule has 5 rings (SSSR count). The lowest BCUT2D eigenvalue weighted by atomic mass is 10.1. The van der Waals surface area contributed by atoms with Crippen molar-refractivity contribution in [2.24, 2.45) is 0 Å². The summed E-state index contributed by atoms with van der Waals surface area (Å²) in [6, 6.07) is 32.5. The first-order valence-corrected chi connectivity index (χ1v) is 14.1. The first-order chi connectivity index (χ1) is 21.3. The highest BCUT2D eigenvalue weighted by Crippen LogP contribution is 2.31. The number of rotatable bonds is 11. The molecule has 0 aliphatic heterocycles. The quantitative estimate of drug-likeness (QED) is 0.144. The normalized spacial score (nSPS) is 11.5. The van der Waals surface area contributed by atoms with E-state index in [1.165, 1.54) is 19.2 Å². The van der Waals surface area contributed by atoms with E-state index in [1.54, 1.807) is 0 Å². The van der Waals surface area contributed by atoms with Crippen molar-refractivity contribution in [2.75, 3.05) is 7.11 Å². The molecule has 1 heterocycles. The Morgan fingerprint density at radius 1 is 0.818 bits per heavy atom. The molecule has 5 aromatic rings. The predicted octanol–water partition coefficient (Wildman–Crippen LogP) is 8.47. The van der Waals surface area contributed by atoms with Crippen LogP contribution in [0.25, 0.3) is 23.4 Å². The molecule has 0 fully saturated rings. The van der Waals surface area contributed by atoms with Gasteiger partial charge in [-0.05, 0) is 65.1 Å². The van der Waals surface area contributed by atoms with Crippen LogP contribution in [0, 0.1) is 0 Å². The number of esters is 1. The van der Waals surface area contributed by atoms with Crippen molar-refractivity contribution in [3.8, 4) is 17.0 Å². The number of carbonyl (C=O) groups excluding carboxylic acids is 1. The van der Waals surface area contributed by atoms with Crippen LogP contribution in [0.2, 0.25) is 0 Å². The molecule has 5 nitrogen and oxygen atoms in total. The minimum atomic E-state index is -4.39. The van der Waals surface area contributed by atoms with Crippen molar-refractivity contribution >= 4 is 18.1 Å². The second kappa shape index (κ2) is 13.9. The van der Waals surface area contributed by atoms with Crippen LogP contribution in [0.5, 0.6) is 5.75 Å². The van der Waals surface area contributed by atoms with Crippen molar-refractivity contribution in [3.05, 3.63) is 143 Å². The lowest BCUT2D eigenvalue weighted by Gasteiger charge is -2.09. The fourth-order valence-electron chi connectivity index (χ4n) is 4.59. The van der Waals surface area contributed by atoms with Crippen LogP contribution in [0.3, 0.4) is 0 Å².